The Kier molecular flexibility index (Phi) is 6.59. The van der Waals surface area contributed by atoms with Gasteiger partial charge in [0.25, 0.3) is 5.91 Å². The molecule has 1 amide bonds. The number of nitrogens with zero attached hydrogens (tertiary/aromatic N) is 1. The smallest absolute Gasteiger partial charge is 0.310 e. The Balaban J connectivity index is 2.12. The van der Waals surface area contributed by atoms with Gasteiger partial charge in [-0.05, 0) is 37.1 Å². The zero-order valence-corrected chi connectivity index (χ0v) is 15.0. The summed E-state index contributed by atoms with van der Waals surface area (Å²) in [5.41, 5.74) is 0.600. The summed E-state index contributed by atoms with van der Waals surface area (Å²) in [6.45, 7) is 3.32. The number of methoxy groups -OCH3 is 1. The van der Waals surface area contributed by atoms with Crippen LogP contribution in [-0.4, -0.2) is 49.7 Å². The highest BCUT2D eigenvalue weighted by molar-refractivity contribution is 9.10. The lowest BCUT2D eigenvalue weighted by Gasteiger charge is -2.27. The van der Waals surface area contributed by atoms with E-state index in [9.17, 15) is 9.59 Å². The van der Waals surface area contributed by atoms with Gasteiger partial charge in [-0.2, -0.15) is 0 Å². The van der Waals surface area contributed by atoms with Crippen LogP contribution in [-0.2, 0) is 14.3 Å². The van der Waals surface area contributed by atoms with E-state index >= 15 is 0 Å². The van der Waals surface area contributed by atoms with E-state index < -0.39 is 0 Å². The Morgan fingerprint density at radius 2 is 2.09 bits per heavy atom. The summed E-state index contributed by atoms with van der Waals surface area (Å²) in [6.07, 6.45) is 1.99. The van der Waals surface area contributed by atoms with E-state index in [1.807, 2.05) is 12.1 Å². The van der Waals surface area contributed by atoms with Gasteiger partial charge in [0.05, 0.1) is 19.1 Å². The minimum absolute atomic E-state index is 0.0410. The van der Waals surface area contributed by atoms with Crippen molar-refractivity contribution in [3.8, 4) is 0 Å². The van der Waals surface area contributed by atoms with Crippen molar-refractivity contribution in [3.05, 3.63) is 34.3 Å². The number of amides is 1. The molecule has 1 aliphatic rings. The normalized spacial score (nSPS) is 18.5. The van der Waals surface area contributed by atoms with Gasteiger partial charge in [-0.25, -0.2) is 0 Å². The fourth-order valence-electron chi connectivity index (χ4n) is 2.66. The maximum Gasteiger partial charge on any atom is 0.310 e. The summed E-state index contributed by atoms with van der Waals surface area (Å²) in [6, 6.07) is 7.22. The first-order valence-corrected chi connectivity index (χ1v) is 8.55. The Hall–Kier alpha value is -1.40. The van der Waals surface area contributed by atoms with E-state index in [-0.39, 0.29) is 23.9 Å². The summed E-state index contributed by atoms with van der Waals surface area (Å²) in [4.78, 5) is 26.2. The monoisotopic (exact) mass is 383 g/mol. The molecule has 0 bridgehead atoms. The van der Waals surface area contributed by atoms with Gasteiger partial charge >= 0.3 is 5.97 Å². The minimum Gasteiger partial charge on any atom is -0.469 e. The molecule has 0 spiro atoms. The molecule has 1 heterocycles. The van der Waals surface area contributed by atoms with E-state index in [1.165, 1.54) is 7.11 Å². The van der Waals surface area contributed by atoms with Crippen molar-refractivity contribution in [2.75, 3.05) is 26.8 Å². The summed E-state index contributed by atoms with van der Waals surface area (Å²) >= 11 is 3.37. The first kappa shape index (κ1) is 17.9. The zero-order valence-electron chi connectivity index (χ0n) is 13.5. The molecule has 1 saturated heterocycles. The fraction of sp³-hybridized carbons (Fsp3) is 0.529. The molecule has 0 aromatic heterocycles. The molecular weight excluding hydrogens is 362 g/mol. The number of halogens is 1. The average molecular weight is 384 g/mol. The highest BCUT2D eigenvalue weighted by Crippen LogP contribution is 2.18. The highest BCUT2D eigenvalue weighted by atomic mass is 79.9. The molecule has 2 atom stereocenters. The Morgan fingerprint density at radius 1 is 1.39 bits per heavy atom. The number of benzene rings is 1. The van der Waals surface area contributed by atoms with Gasteiger partial charge in [-0.3, -0.25) is 9.59 Å². The van der Waals surface area contributed by atoms with Crippen LogP contribution in [0.1, 0.15) is 30.1 Å². The molecular formula is C17H22BrNO4. The second kappa shape index (κ2) is 8.45. The first-order chi connectivity index (χ1) is 11.0. The average Bonchev–Trinajstić information content (AvgIpc) is 3.06. The molecule has 0 aliphatic carbocycles. The Morgan fingerprint density at radius 3 is 2.65 bits per heavy atom. The lowest BCUT2D eigenvalue weighted by molar-refractivity contribution is -0.145. The third-order valence-corrected chi connectivity index (χ3v) is 4.45. The van der Waals surface area contributed by atoms with Crippen LogP contribution in [0.4, 0.5) is 0 Å². The van der Waals surface area contributed by atoms with E-state index in [0.29, 0.717) is 18.7 Å². The molecule has 1 fully saturated rings. The van der Waals surface area contributed by atoms with Crippen LogP contribution in [0.2, 0.25) is 0 Å². The van der Waals surface area contributed by atoms with Gasteiger partial charge in [0.15, 0.2) is 0 Å². The van der Waals surface area contributed by atoms with E-state index in [4.69, 9.17) is 9.47 Å². The molecule has 1 aromatic rings. The molecule has 126 valence electrons. The summed E-state index contributed by atoms with van der Waals surface area (Å²) in [5, 5.41) is 0. The third kappa shape index (κ3) is 5.04. The highest BCUT2D eigenvalue weighted by Gasteiger charge is 2.26. The number of carbonyl (C=O) groups is 2. The van der Waals surface area contributed by atoms with Crippen LogP contribution in [0, 0.1) is 5.92 Å². The molecule has 5 nitrogen and oxygen atoms in total. The van der Waals surface area contributed by atoms with Crippen molar-refractivity contribution < 1.29 is 19.1 Å². The van der Waals surface area contributed by atoms with Gasteiger partial charge in [0.1, 0.15) is 0 Å². The SMILES string of the molecule is COC(=O)C(C)CN(CC1CCCO1)C(=O)c1ccc(Br)cc1. The summed E-state index contributed by atoms with van der Waals surface area (Å²) in [5.74, 6) is -0.782. The minimum atomic E-state index is -0.374. The van der Waals surface area contributed by atoms with E-state index in [1.54, 1.807) is 24.0 Å². The quantitative estimate of drug-likeness (QED) is 0.708. The second-order valence-corrected chi connectivity index (χ2v) is 6.69. The number of ether oxygens (including phenoxy) is 2. The van der Waals surface area contributed by atoms with Crippen LogP contribution in [0.25, 0.3) is 0 Å². The maximum absolute atomic E-state index is 12.8. The van der Waals surface area contributed by atoms with Gasteiger partial charge in [0.2, 0.25) is 0 Å². The van der Waals surface area contributed by atoms with Gasteiger partial charge in [-0.15, -0.1) is 0 Å². The number of hydrogen-bond donors (Lipinski definition) is 0. The van der Waals surface area contributed by atoms with Gasteiger partial charge in [-0.1, -0.05) is 22.9 Å². The predicted octanol–water partition coefficient (Wildman–Crippen LogP) is 2.88. The van der Waals surface area contributed by atoms with E-state index in [2.05, 4.69) is 15.9 Å². The topological polar surface area (TPSA) is 55.8 Å². The van der Waals surface area contributed by atoms with Crippen LogP contribution < -0.4 is 0 Å². The third-order valence-electron chi connectivity index (χ3n) is 3.92. The molecule has 1 aliphatic heterocycles. The molecule has 6 heteroatoms. The van der Waals surface area contributed by atoms with Gasteiger partial charge < -0.3 is 14.4 Å². The molecule has 1 aromatic carbocycles. The Labute approximate surface area is 145 Å². The number of carbonyl (C=O) groups excluding carboxylic acids is 2. The molecule has 0 radical (unpaired) electrons. The Bertz CT molecular complexity index is 540. The molecule has 2 unspecified atom stereocenters. The fourth-order valence-corrected chi connectivity index (χ4v) is 2.92. The summed E-state index contributed by atoms with van der Waals surface area (Å²) in [7, 11) is 1.36. The van der Waals surface area contributed by atoms with Crippen molar-refractivity contribution in [3.63, 3.8) is 0 Å². The van der Waals surface area contributed by atoms with Crippen molar-refractivity contribution in [1.82, 2.24) is 4.90 Å². The molecule has 0 N–H and O–H groups in total. The lowest BCUT2D eigenvalue weighted by Crippen LogP contribution is -2.41. The maximum atomic E-state index is 12.8. The van der Waals surface area contributed by atoms with Crippen molar-refractivity contribution in [1.29, 1.82) is 0 Å². The first-order valence-electron chi connectivity index (χ1n) is 7.75. The summed E-state index contributed by atoms with van der Waals surface area (Å²) < 4.78 is 11.3. The number of rotatable bonds is 6. The molecule has 23 heavy (non-hydrogen) atoms. The van der Waals surface area contributed by atoms with Crippen molar-refractivity contribution in [2.45, 2.75) is 25.9 Å². The van der Waals surface area contributed by atoms with Crippen LogP contribution in [0.5, 0.6) is 0 Å². The molecule has 2 rings (SSSR count). The lowest BCUT2D eigenvalue weighted by atomic mass is 10.1. The zero-order chi connectivity index (χ0) is 16.8. The predicted molar refractivity (Wildman–Crippen MR) is 90.2 cm³/mol. The van der Waals surface area contributed by atoms with Crippen molar-refractivity contribution in [2.24, 2.45) is 5.92 Å². The standard InChI is InChI=1S/C17H22BrNO4/c1-12(17(21)22-2)10-19(11-15-4-3-9-23-15)16(20)13-5-7-14(18)8-6-13/h5-8,12,15H,3-4,9-11H2,1-2H3. The van der Waals surface area contributed by atoms with E-state index in [0.717, 1.165) is 23.9 Å². The second-order valence-electron chi connectivity index (χ2n) is 5.78. The van der Waals surface area contributed by atoms with Crippen LogP contribution in [0.3, 0.4) is 0 Å². The number of hydrogen-bond acceptors (Lipinski definition) is 4. The van der Waals surface area contributed by atoms with Crippen molar-refractivity contribution >= 4 is 27.8 Å². The van der Waals surface area contributed by atoms with Gasteiger partial charge in [0, 0.05) is 29.7 Å². The molecule has 0 saturated carbocycles. The number of esters is 1. The largest absolute Gasteiger partial charge is 0.469 e. The van der Waals surface area contributed by atoms with Crippen LogP contribution in [0.15, 0.2) is 28.7 Å². The van der Waals surface area contributed by atoms with Crippen LogP contribution >= 0.6 is 15.9 Å².